The van der Waals surface area contributed by atoms with Gasteiger partial charge in [-0.3, -0.25) is 24.5 Å². The van der Waals surface area contributed by atoms with Crippen LogP contribution in [-0.4, -0.2) is 32.0 Å². The Labute approximate surface area is 120 Å². The molecule has 3 rings (SSSR count). The molecule has 1 aliphatic rings. The third kappa shape index (κ3) is 2.54. The van der Waals surface area contributed by atoms with Crippen LogP contribution >= 0.6 is 0 Å². The first-order valence-electron chi connectivity index (χ1n) is 6.95. The van der Waals surface area contributed by atoms with Crippen LogP contribution < -0.4 is 10.9 Å². The summed E-state index contributed by atoms with van der Waals surface area (Å²) < 4.78 is 7.33. The van der Waals surface area contributed by atoms with Gasteiger partial charge in [-0.25, -0.2) is 4.98 Å². The first-order valence-corrected chi connectivity index (χ1v) is 6.95. The number of H-pyrrole nitrogens is 1. The lowest BCUT2D eigenvalue weighted by Crippen LogP contribution is -2.22. The Bertz CT molecular complexity index is 727. The minimum atomic E-state index is -0.379. The molecule has 0 saturated carbocycles. The highest BCUT2D eigenvalue weighted by atomic mass is 16.5. The van der Waals surface area contributed by atoms with Crippen molar-refractivity contribution in [3.05, 3.63) is 16.7 Å². The molecule has 0 aliphatic carbocycles. The van der Waals surface area contributed by atoms with Crippen molar-refractivity contribution in [3.63, 3.8) is 0 Å². The number of aromatic nitrogens is 4. The molecule has 21 heavy (non-hydrogen) atoms. The molecule has 0 radical (unpaired) electrons. The molecule has 0 spiro atoms. The van der Waals surface area contributed by atoms with Crippen molar-refractivity contribution >= 4 is 23.0 Å². The fraction of sp³-hybridized carbons (Fsp3) is 0.538. The molecule has 112 valence electrons. The molecule has 1 unspecified atom stereocenters. The standard InChI is InChI=1S/C13H17N5O3/c1-7(2)11(19)16-13-15-10-9(12(20)17-13)14-6-18(10)8-4-3-5-21-8/h6-8H,3-5H2,1-2H3,(H2,15,16,17,19,20). The highest BCUT2D eigenvalue weighted by Crippen LogP contribution is 2.25. The van der Waals surface area contributed by atoms with E-state index in [0.29, 0.717) is 12.3 Å². The zero-order valence-corrected chi connectivity index (χ0v) is 11.9. The molecular weight excluding hydrogens is 274 g/mol. The predicted octanol–water partition coefficient (Wildman–Crippen LogP) is 1.02. The zero-order chi connectivity index (χ0) is 15.0. The molecule has 8 heteroatoms. The SMILES string of the molecule is CC(C)C(=O)Nc1nc2c(ncn2C2CCCO2)c(=O)[nH]1. The summed E-state index contributed by atoms with van der Waals surface area (Å²) in [4.78, 5) is 34.6. The maximum atomic E-state index is 12.0. The van der Waals surface area contributed by atoms with Crippen molar-refractivity contribution < 1.29 is 9.53 Å². The van der Waals surface area contributed by atoms with Gasteiger partial charge in [-0.1, -0.05) is 13.8 Å². The van der Waals surface area contributed by atoms with Crippen LogP contribution in [0.5, 0.6) is 0 Å². The Morgan fingerprint density at radius 3 is 3.05 bits per heavy atom. The summed E-state index contributed by atoms with van der Waals surface area (Å²) in [5.41, 5.74) is 0.286. The Morgan fingerprint density at radius 1 is 1.57 bits per heavy atom. The van der Waals surface area contributed by atoms with Crippen LogP contribution in [0.4, 0.5) is 5.95 Å². The monoisotopic (exact) mass is 291 g/mol. The van der Waals surface area contributed by atoms with Crippen molar-refractivity contribution in [3.8, 4) is 0 Å². The summed E-state index contributed by atoms with van der Waals surface area (Å²) in [5.74, 6) is -0.277. The number of aromatic amines is 1. The van der Waals surface area contributed by atoms with E-state index < -0.39 is 0 Å². The van der Waals surface area contributed by atoms with Crippen LogP contribution in [-0.2, 0) is 9.53 Å². The molecule has 0 aromatic carbocycles. The summed E-state index contributed by atoms with van der Waals surface area (Å²) >= 11 is 0. The van der Waals surface area contributed by atoms with Gasteiger partial charge < -0.3 is 4.74 Å². The zero-order valence-electron chi connectivity index (χ0n) is 11.9. The van der Waals surface area contributed by atoms with E-state index in [9.17, 15) is 9.59 Å². The van der Waals surface area contributed by atoms with E-state index in [0.717, 1.165) is 12.8 Å². The van der Waals surface area contributed by atoms with Gasteiger partial charge in [0.2, 0.25) is 11.9 Å². The third-order valence-electron chi connectivity index (χ3n) is 3.41. The highest BCUT2D eigenvalue weighted by molar-refractivity contribution is 5.91. The van der Waals surface area contributed by atoms with Crippen molar-refractivity contribution in [2.45, 2.75) is 32.9 Å². The van der Waals surface area contributed by atoms with Gasteiger partial charge in [0.25, 0.3) is 5.56 Å². The fourth-order valence-corrected chi connectivity index (χ4v) is 2.24. The van der Waals surface area contributed by atoms with E-state index in [1.54, 1.807) is 24.7 Å². The Hall–Kier alpha value is -2.22. The summed E-state index contributed by atoms with van der Waals surface area (Å²) in [6.45, 7) is 4.22. The number of carbonyl (C=O) groups excluding carboxylic acids is 1. The molecule has 3 heterocycles. The Kier molecular flexibility index (Phi) is 3.46. The smallest absolute Gasteiger partial charge is 0.280 e. The average Bonchev–Trinajstić information content (AvgIpc) is 3.06. The maximum Gasteiger partial charge on any atom is 0.280 e. The summed E-state index contributed by atoms with van der Waals surface area (Å²) in [5, 5.41) is 2.59. The number of fused-ring (bicyclic) bond motifs is 1. The number of hydrogen-bond donors (Lipinski definition) is 2. The van der Waals surface area contributed by atoms with Crippen molar-refractivity contribution in [2.24, 2.45) is 5.92 Å². The Balaban J connectivity index is 2.02. The number of rotatable bonds is 3. The maximum absolute atomic E-state index is 12.0. The molecule has 1 atom stereocenters. The topological polar surface area (TPSA) is 102 Å². The first kappa shape index (κ1) is 13.7. The minimum Gasteiger partial charge on any atom is -0.358 e. The normalized spacial score (nSPS) is 18.5. The van der Waals surface area contributed by atoms with Gasteiger partial charge in [-0.2, -0.15) is 4.98 Å². The molecular formula is C13H17N5O3. The molecule has 1 amide bonds. The molecule has 8 nitrogen and oxygen atoms in total. The molecule has 1 fully saturated rings. The van der Waals surface area contributed by atoms with Crippen LogP contribution in [0.25, 0.3) is 11.2 Å². The first-order chi connectivity index (χ1) is 10.1. The molecule has 2 N–H and O–H groups in total. The van der Waals surface area contributed by atoms with E-state index in [1.165, 1.54) is 0 Å². The van der Waals surface area contributed by atoms with Crippen LogP contribution in [0.15, 0.2) is 11.1 Å². The largest absolute Gasteiger partial charge is 0.358 e. The van der Waals surface area contributed by atoms with Crippen LogP contribution in [0.3, 0.4) is 0 Å². The van der Waals surface area contributed by atoms with Crippen molar-refractivity contribution in [1.82, 2.24) is 19.5 Å². The van der Waals surface area contributed by atoms with E-state index in [2.05, 4.69) is 20.3 Å². The molecule has 2 aromatic heterocycles. The van der Waals surface area contributed by atoms with E-state index in [1.807, 2.05) is 0 Å². The number of nitrogens with one attached hydrogen (secondary N) is 2. The van der Waals surface area contributed by atoms with Gasteiger partial charge in [0.05, 0.1) is 6.33 Å². The second-order valence-corrected chi connectivity index (χ2v) is 5.35. The molecule has 0 bridgehead atoms. The number of ether oxygens (including phenoxy) is 1. The molecule has 1 saturated heterocycles. The van der Waals surface area contributed by atoms with Gasteiger partial charge in [-0.15, -0.1) is 0 Å². The Morgan fingerprint density at radius 2 is 2.38 bits per heavy atom. The summed E-state index contributed by atoms with van der Waals surface area (Å²) in [6, 6.07) is 0. The number of imidazole rings is 1. The molecule has 2 aromatic rings. The van der Waals surface area contributed by atoms with Gasteiger partial charge in [0, 0.05) is 12.5 Å². The number of nitrogens with zero attached hydrogens (tertiary/aromatic N) is 3. The number of hydrogen-bond acceptors (Lipinski definition) is 5. The second-order valence-electron chi connectivity index (χ2n) is 5.35. The van der Waals surface area contributed by atoms with Gasteiger partial charge >= 0.3 is 0 Å². The number of carbonyl (C=O) groups is 1. The lowest BCUT2D eigenvalue weighted by Gasteiger charge is -2.12. The fourth-order valence-electron chi connectivity index (χ4n) is 2.24. The van der Waals surface area contributed by atoms with Gasteiger partial charge in [-0.05, 0) is 12.8 Å². The van der Waals surface area contributed by atoms with Crippen molar-refractivity contribution in [2.75, 3.05) is 11.9 Å². The van der Waals surface area contributed by atoms with Crippen LogP contribution in [0.2, 0.25) is 0 Å². The second kappa shape index (κ2) is 5.28. The van der Waals surface area contributed by atoms with Gasteiger partial charge in [0.15, 0.2) is 11.2 Å². The summed E-state index contributed by atoms with van der Waals surface area (Å²) in [7, 11) is 0. The van der Waals surface area contributed by atoms with Crippen LogP contribution in [0, 0.1) is 5.92 Å². The molecule has 1 aliphatic heterocycles. The number of anilines is 1. The van der Waals surface area contributed by atoms with E-state index in [-0.39, 0.29) is 35.1 Å². The lowest BCUT2D eigenvalue weighted by molar-refractivity contribution is -0.118. The van der Waals surface area contributed by atoms with Crippen LogP contribution in [0.1, 0.15) is 32.9 Å². The number of amides is 1. The van der Waals surface area contributed by atoms with E-state index in [4.69, 9.17) is 4.74 Å². The van der Waals surface area contributed by atoms with Crippen molar-refractivity contribution in [1.29, 1.82) is 0 Å². The van der Waals surface area contributed by atoms with Gasteiger partial charge in [0.1, 0.15) is 6.23 Å². The minimum absolute atomic E-state index is 0.131. The van der Waals surface area contributed by atoms with E-state index >= 15 is 0 Å². The predicted molar refractivity (Wildman–Crippen MR) is 75.8 cm³/mol. The lowest BCUT2D eigenvalue weighted by atomic mass is 10.2. The quantitative estimate of drug-likeness (QED) is 0.879. The summed E-state index contributed by atoms with van der Waals surface area (Å²) in [6.07, 6.45) is 3.22. The average molecular weight is 291 g/mol. The highest BCUT2D eigenvalue weighted by Gasteiger charge is 2.22. The third-order valence-corrected chi connectivity index (χ3v) is 3.41.